The minimum absolute atomic E-state index is 0.380. The molecule has 0 radical (unpaired) electrons. The topological polar surface area (TPSA) is 24.9 Å². The van der Waals surface area contributed by atoms with Crippen LogP contribution in [0.1, 0.15) is 12.6 Å². The quantitative estimate of drug-likeness (QED) is 0.692. The Labute approximate surface area is 143 Å². The van der Waals surface area contributed by atoms with Gasteiger partial charge >= 0.3 is 0 Å². The zero-order valence-electron chi connectivity index (χ0n) is 11.9. The number of nitrogens with one attached hydrogen (secondary N) is 1. The summed E-state index contributed by atoms with van der Waals surface area (Å²) in [6, 6.07) is 12.5. The van der Waals surface area contributed by atoms with Gasteiger partial charge in [0.15, 0.2) is 0 Å². The van der Waals surface area contributed by atoms with Crippen molar-refractivity contribution < 1.29 is 0 Å². The Morgan fingerprint density at radius 2 is 2.10 bits per heavy atom. The van der Waals surface area contributed by atoms with Gasteiger partial charge in [-0.15, -0.1) is 11.8 Å². The van der Waals surface area contributed by atoms with Crippen LogP contribution in [0.5, 0.6) is 0 Å². The molecule has 2 aromatic rings. The summed E-state index contributed by atoms with van der Waals surface area (Å²) in [5, 5.41) is 4.34. The van der Waals surface area contributed by atoms with Crippen molar-refractivity contribution in [2.75, 3.05) is 12.3 Å². The molecule has 112 valence electrons. The number of pyridine rings is 1. The van der Waals surface area contributed by atoms with Crippen molar-refractivity contribution in [1.82, 2.24) is 10.3 Å². The summed E-state index contributed by atoms with van der Waals surface area (Å²) in [6.45, 7) is 3.08. The molecule has 0 amide bonds. The summed E-state index contributed by atoms with van der Waals surface area (Å²) in [6.07, 6.45) is 2.76. The summed E-state index contributed by atoms with van der Waals surface area (Å²) in [5.41, 5.74) is 1.10. The van der Waals surface area contributed by atoms with Crippen molar-refractivity contribution in [2.24, 2.45) is 0 Å². The van der Waals surface area contributed by atoms with E-state index in [1.165, 1.54) is 0 Å². The summed E-state index contributed by atoms with van der Waals surface area (Å²) in [4.78, 5) is 5.58. The van der Waals surface area contributed by atoms with E-state index in [9.17, 15) is 0 Å². The van der Waals surface area contributed by atoms with Crippen molar-refractivity contribution in [3.8, 4) is 0 Å². The summed E-state index contributed by atoms with van der Waals surface area (Å²) < 4.78 is 1.01. The molecule has 5 heteroatoms. The van der Waals surface area contributed by atoms with E-state index in [-0.39, 0.29) is 0 Å². The van der Waals surface area contributed by atoms with E-state index < -0.39 is 0 Å². The number of nitrogens with zero attached hydrogens (tertiary/aromatic N) is 1. The fourth-order valence-corrected chi connectivity index (χ4v) is 3.54. The lowest BCUT2D eigenvalue weighted by atomic mass is 10.1. The minimum atomic E-state index is 0.380. The Morgan fingerprint density at radius 1 is 1.29 bits per heavy atom. The van der Waals surface area contributed by atoms with Gasteiger partial charge < -0.3 is 5.32 Å². The van der Waals surface area contributed by atoms with Crippen LogP contribution in [0.2, 0.25) is 5.02 Å². The Hall–Kier alpha value is -0.550. The Morgan fingerprint density at radius 3 is 2.76 bits per heavy atom. The third kappa shape index (κ3) is 5.62. The lowest BCUT2D eigenvalue weighted by molar-refractivity contribution is 0.566. The van der Waals surface area contributed by atoms with Gasteiger partial charge in [-0.3, -0.25) is 4.98 Å². The van der Waals surface area contributed by atoms with Crippen LogP contribution in [-0.2, 0) is 6.42 Å². The first-order valence-electron chi connectivity index (χ1n) is 6.90. The lowest BCUT2D eigenvalue weighted by Gasteiger charge is -2.17. The number of thioether (sulfide) groups is 1. The molecule has 21 heavy (non-hydrogen) atoms. The smallest absolute Gasteiger partial charge is 0.0541 e. The fourth-order valence-electron chi connectivity index (χ4n) is 2.01. The number of likely N-dealkylation sites (N-methyl/N-ethyl adjacent to an activating group) is 1. The van der Waals surface area contributed by atoms with Gasteiger partial charge in [-0.2, -0.15) is 0 Å². The molecule has 0 saturated heterocycles. The number of benzene rings is 1. The van der Waals surface area contributed by atoms with Crippen molar-refractivity contribution in [3.05, 3.63) is 57.8 Å². The van der Waals surface area contributed by atoms with E-state index >= 15 is 0 Å². The Bertz CT molecular complexity index is 562. The highest BCUT2D eigenvalue weighted by Crippen LogP contribution is 2.27. The van der Waals surface area contributed by atoms with Crippen molar-refractivity contribution >= 4 is 39.3 Å². The summed E-state index contributed by atoms with van der Waals surface area (Å²) in [7, 11) is 0. The minimum Gasteiger partial charge on any atom is -0.313 e. The molecule has 0 aliphatic rings. The maximum absolute atomic E-state index is 6.20. The molecule has 1 N–H and O–H groups in total. The van der Waals surface area contributed by atoms with E-state index in [1.54, 1.807) is 11.8 Å². The Balaban J connectivity index is 1.95. The summed E-state index contributed by atoms with van der Waals surface area (Å²) >= 11 is 11.4. The molecule has 0 aliphatic carbocycles. The van der Waals surface area contributed by atoms with Gasteiger partial charge in [0.05, 0.1) is 5.02 Å². The van der Waals surface area contributed by atoms with Crippen molar-refractivity contribution in [3.63, 3.8) is 0 Å². The van der Waals surface area contributed by atoms with Crippen molar-refractivity contribution in [2.45, 2.75) is 24.3 Å². The van der Waals surface area contributed by atoms with E-state index in [0.717, 1.165) is 38.8 Å². The summed E-state index contributed by atoms with van der Waals surface area (Å²) in [5.74, 6) is 0.968. The maximum Gasteiger partial charge on any atom is 0.0541 e. The lowest BCUT2D eigenvalue weighted by Crippen LogP contribution is -2.33. The average Bonchev–Trinajstić information content (AvgIpc) is 2.49. The third-order valence-electron chi connectivity index (χ3n) is 3.01. The highest BCUT2D eigenvalue weighted by atomic mass is 79.9. The molecule has 1 aromatic heterocycles. The zero-order chi connectivity index (χ0) is 15.1. The number of hydrogen-bond acceptors (Lipinski definition) is 3. The van der Waals surface area contributed by atoms with E-state index in [2.05, 4.69) is 45.3 Å². The largest absolute Gasteiger partial charge is 0.313 e. The molecule has 0 bridgehead atoms. The second-order valence-electron chi connectivity index (χ2n) is 4.67. The number of hydrogen-bond donors (Lipinski definition) is 1. The van der Waals surface area contributed by atoms with Gasteiger partial charge in [0.2, 0.25) is 0 Å². The van der Waals surface area contributed by atoms with E-state index in [1.807, 2.05) is 30.5 Å². The zero-order valence-corrected chi connectivity index (χ0v) is 15.0. The second-order valence-corrected chi connectivity index (χ2v) is 7.05. The molecule has 1 atom stereocenters. The van der Waals surface area contributed by atoms with Crippen LogP contribution in [0.25, 0.3) is 0 Å². The number of halogens is 2. The normalized spacial score (nSPS) is 12.3. The van der Waals surface area contributed by atoms with Gasteiger partial charge in [0.1, 0.15) is 0 Å². The second kappa shape index (κ2) is 8.79. The van der Waals surface area contributed by atoms with E-state index in [4.69, 9.17) is 11.6 Å². The van der Waals surface area contributed by atoms with Gasteiger partial charge in [-0.05, 0) is 46.7 Å². The standard InChI is InChI=1S/C16H18BrClN2S/c1-2-19-14(9-13-8-7-12(17)10-20-13)11-21-16-6-4-3-5-15(16)18/h3-8,10,14,19H,2,9,11H2,1H3. The predicted octanol–water partition coefficient (Wildman–Crippen LogP) is 4.81. The molecule has 0 saturated carbocycles. The van der Waals surface area contributed by atoms with Gasteiger partial charge in [0.25, 0.3) is 0 Å². The van der Waals surface area contributed by atoms with Gasteiger partial charge in [-0.25, -0.2) is 0 Å². The monoisotopic (exact) mass is 384 g/mol. The fraction of sp³-hybridized carbons (Fsp3) is 0.312. The first-order valence-corrected chi connectivity index (χ1v) is 9.06. The van der Waals surface area contributed by atoms with Crippen molar-refractivity contribution in [1.29, 1.82) is 0 Å². The molecule has 1 unspecified atom stereocenters. The van der Waals surface area contributed by atoms with Crippen LogP contribution in [0.3, 0.4) is 0 Å². The van der Waals surface area contributed by atoms with E-state index in [0.29, 0.717) is 6.04 Å². The average molecular weight is 386 g/mol. The first-order chi connectivity index (χ1) is 10.2. The molecule has 0 aliphatic heterocycles. The van der Waals surface area contributed by atoms with Crippen LogP contribution < -0.4 is 5.32 Å². The molecule has 1 aromatic carbocycles. The molecule has 2 rings (SSSR count). The highest BCUT2D eigenvalue weighted by molar-refractivity contribution is 9.10. The SMILES string of the molecule is CCNC(CSc1ccccc1Cl)Cc1ccc(Br)cn1. The molecule has 2 nitrogen and oxygen atoms in total. The third-order valence-corrected chi connectivity index (χ3v) is 5.16. The van der Waals surface area contributed by atoms with Crippen LogP contribution in [0.15, 0.2) is 52.0 Å². The molecular weight excluding hydrogens is 368 g/mol. The maximum atomic E-state index is 6.20. The van der Waals surface area contributed by atoms with Crippen LogP contribution in [0.4, 0.5) is 0 Å². The van der Waals surface area contributed by atoms with Crippen LogP contribution >= 0.6 is 39.3 Å². The number of aromatic nitrogens is 1. The highest BCUT2D eigenvalue weighted by Gasteiger charge is 2.11. The van der Waals surface area contributed by atoms with Gasteiger partial charge in [-0.1, -0.05) is 30.7 Å². The molecule has 0 spiro atoms. The van der Waals surface area contributed by atoms with Crippen LogP contribution in [-0.4, -0.2) is 23.3 Å². The molecule has 1 heterocycles. The van der Waals surface area contributed by atoms with Crippen LogP contribution in [0, 0.1) is 0 Å². The molecular formula is C16H18BrClN2S. The Kier molecular flexibility index (Phi) is 7.04. The van der Waals surface area contributed by atoms with Gasteiger partial charge in [0, 0.05) is 39.5 Å². The first kappa shape index (κ1) is 16.8. The molecule has 0 fully saturated rings. The predicted molar refractivity (Wildman–Crippen MR) is 95.3 cm³/mol. The number of rotatable bonds is 7.